The first kappa shape index (κ1) is 59.4. The molecule has 10 heterocycles. The number of piperidine rings is 2. The largest absolute Gasteiger partial charge is 0.491 e. The fourth-order valence-electron chi connectivity index (χ4n) is 9.98. The molecule has 0 aromatic carbocycles. The number of amides is 2. The molecular weight excluding hydrogens is 1060 g/mol. The molecule has 21 nitrogen and oxygen atoms in total. The molecule has 0 aliphatic carbocycles. The predicted molar refractivity (Wildman–Crippen MR) is 281 cm³/mol. The van der Waals surface area contributed by atoms with Crippen LogP contribution in [0.15, 0.2) is 36.7 Å². The van der Waals surface area contributed by atoms with Crippen molar-refractivity contribution in [1.29, 1.82) is 0 Å². The van der Waals surface area contributed by atoms with Crippen molar-refractivity contribution >= 4 is 52.2 Å². The molecule has 2 amide bonds. The summed E-state index contributed by atoms with van der Waals surface area (Å²) in [7, 11) is 0. The van der Waals surface area contributed by atoms with Gasteiger partial charge in [0.25, 0.3) is 0 Å². The smallest absolute Gasteiger partial charge is 0.391 e. The number of nitrogens with two attached hydrogens (primary N) is 1. The second-order valence-electron chi connectivity index (χ2n) is 21.6. The molecule has 4 N–H and O–H groups in total. The van der Waals surface area contributed by atoms with Crippen LogP contribution in [0, 0.1) is 25.7 Å². The number of aryl methyl sites for hydroxylation is 2. The number of alkyl halides is 6. The van der Waals surface area contributed by atoms with E-state index < -0.39 is 66.2 Å². The molecule has 4 aromatic heterocycles. The van der Waals surface area contributed by atoms with Crippen molar-refractivity contribution in [3.05, 3.63) is 59.7 Å². The van der Waals surface area contributed by atoms with Crippen LogP contribution in [-0.4, -0.2) is 148 Å². The molecule has 6 atom stereocenters. The minimum Gasteiger partial charge on any atom is -0.491 e. The Bertz CT molecular complexity index is 2880. The summed E-state index contributed by atoms with van der Waals surface area (Å²) >= 11 is 0. The first-order valence-electron chi connectivity index (χ1n) is 26.5. The number of rotatable bonds is 13. The number of hydrogen-bond donors (Lipinski definition) is 3. The Labute approximate surface area is 459 Å². The monoisotopic (exact) mass is 1130 g/mol. The third-order valence-electron chi connectivity index (χ3n) is 14.0. The molecule has 6 aliphatic heterocycles. The molecule has 0 spiro atoms. The van der Waals surface area contributed by atoms with Crippen molar-refractivity contribution in [3.63, 3.8) is 0 Å². The summed E-state index contributed by atoms with van der Waals surface area (Å²) in [5, 5.41) is 6.07. The van der Waals surface area contributed by atoms with Gasteiger partial charge in [-0.3, -0.25) is 19.8 Å². The van der Waals surface area contributed by atoms with Crippen LogP contribution in [0.5, 0.6) is 11.5 Å². The number of anilines is 6. The van der Waals surface area contributed by atoms with Crippen LogP contribution in [0.3, 0.4) is 0 Å². The average Bonchev–Trinajstić information content (AvgIpc) is 3.99. The lowest BCUT2D eigenvalue weighted by molar-refractivity contribution is -0.169. The highest BCUT2D eigenvalue weighted by Crippen LogP contribution is 2.41. The van der Waals surface area contributed by atoms with Gasteiger partial charge in [0, 0.05) is 69.6 Å². The van der Waals surface area contributed by atoms with Crippen LogP contribution < -0.4 is 40.5 Å². The van der Waals surface area contributed by atoms with Gasteiger partial charge in [0.1, 0.15) is 59.9 Å². The van der Waals surface area contributed by atoms with Crippen molar-refractivity contribution in [1.82, 2.24) is 29.9 Å². The van der Waals surface area contributed by atoms with Gasteiger partial charge in [-0.15, -0.1) is 0 Å². The molecule has 4 aromatic rings. The van der Waals surface area contributed by atoms with E-state index in [0.29, 0.717) is 73.0 Å². The molecule has 27 heteroatoms. The van der Waals surface area contributed by atoms with Crippen molar-refractivity contribution < 1.29 is 69.1 Å². The summed E-state index contributed by atoms with van der Waals surface area (Å²) in [4.78, 5) is 69.4. The van der Waals surface area contributed by atoms with Crippen LogP contribution in [-0.2, 0) is 18.9 Å². The summed E-state index contributed by atoms with van der Waals surface area (Å²) in [6.45, 7) is 17.5. The van der Waals surface area contributed by atoms with Gasteiger partial charge in [0.15, 0.2) is 34.9 Å². The molecule has 0 saturated carbocycles. The number of ketones is 2. The van der Waals surface area contributed by atoms with E-state index in [2.05, 4.69) is 50.3 Å². The highest BCUT2D eigenvalue weighted by Gasteiger charge is 2.43. The van der Waals surface area contributed by atoms with Gasteiger partial charge in [0.2, 0.25) is 11.6 Å². The Morgan fingerprint density at radius 1 is 0.750 bits per heavy atom. The molecule has 436 valence electrons. The van der Waals surface area contributed by atoms with Crippen molar-refractivity contribution in [2.45, 2.75) is 142 Å². The summed E-state index contributed by atoms with van der Waals surface area (Å²) < 4.78 is 111. The second kappa shape index (κ2) is 24.2. The number of halogens is 6. The van der Waals surface area contributed by atoms with Gasteiger partial charge in [-0.2, -0.15) is 26.3 Å². The lowest BCUT2D eigenvalue weighted by atomic mass is 9.99. The number of Topliss-reactive ketones (excluding diaryl/α,β-unsaturated/α-hetero) is 2. The highest BCUT2D eigenvalue weighted by atomic mass is 19.4. The molecule has 4 saturated heterocycles. The molecular formula is C53H68F6N12O9. The van der Waals surface area contributed by atoms with Gasteiger partial charge in [-0.25, -0.2) is 34.7 Å². The Balaban J connectivity index is 0.000000180. The van der Waals surface area contributed by atoms with E-state index in [1.165, 1.54) is 11.1 Å². The number of nitrogen functional groups attached to an aromatic ring is 1. The van der Waals surface area contributed by atoms with E-state index in [1.54, 1.807) is 44.3 Å². The van der Waals surface area contributed by atoms with E-state index in [0.717, 1.165) is 58.4 Å². The zero-order valence-corrected chi connectivity index (χ0v) is 45.9. The summed E-state index contributed by atoms with van der Waals surface area (Å²) in [6, 6.07) is 6.15. The number of carbonyl (C=O) groups excluding carboxylic acids is 3. The summed E-state index contributed by atoms with van der Waals surface area (Å²) in [5.74, 6) is -4.11. The second-order valence-corrected chi connectivity index (χ2v) is 21.6. The minimum absolute atomic E-state index is 0.0376. The van der Waals surface area contributed by atoms with Crippen LogP contribution >= 0.6 is 0 Å². The maximum absolute atomic E-state index is 13.7. The lowest BCUT2D eigenvalue weighted by Crippen LogP contribution is -2.56. The number of aromatic nitrogens is 6. The lowest BCUT2D eigenvalue weighted by Gasteiger charge is -2.46. The Morgan fingerprint density at radius 2 is 1.27 bits per heavy atom. The maximum Gasteiger partial charge on any atom is 0.391 e. The number of nitrogens with zero attached hydrogens (tertiary/aromatic N) is 9. The first-order valence-corrected chi connectivity index (χ1v) is 26.5. The third kappa shape index (κ3) is 15.0. The minimum atomic E-state index is -4.52. The van der Waals surface area contributed by atoms with E-state index in [-0.39, 0.29) is 54.2 Å². The molecule has 6 aliphatic rings. The number of carbonyl (C=O) groups is 3. The van der Waals surface area contributed by atoms with E-state index in [4.69, 9.17) is 34.2 Å². The quantitative estimate of drug-likeness (QED) is 0.0837. The van der Waals surface area contributed by atoms with E-state index >= 15 is 0 Å². The summed E-state index contributed by atoms with van der Waals surface area (Å²) in [6.07, 6.45) is -3.89. The fourth-order valence-corrected chi connectivity index (χ4v) is 9.98. The number of ether oxygens (including phenoxy) is 6. The van der Waals surface area contributed by atoms with Gasteiger partial charge in [-0.05, 0) is 79.4 Å². The normalized spacial score (nSPS) is 22.2. The fraction of sp³-hybridized carbons (Fsp3) is 0.604. The van der Waals surface area contributed by atoms with Gasteiger partial charge in [0.05, 0.1) is 42.5 Å². The number of pyridine rings is 2. The molecule has 80 heavy (non-hydrogen) atoms. The predicted octanol–water partition coefficient (Wildman–Crippen LogP) is 8.65. The van der Waals surface area contributed by atoms with Crippen molar-refractivity contribution in [3.8, 4) is 11.5 Å². The van der Waals surface area contributed by atoms with Crippen LogP contribution in [0.4, 0.5) is 65.8 Å². The molecule has 0 unspecified atom stereocenters. The SMILES string of the molecule is CC1(C)OC[C@H](COc2ccnc(N)c2)O1.Cc1nc(C(=O)C[C@H](C)C(F)(F)F)nc2c1N1CCC[C@@H](C1)N2.Cc1nc(C(=O)C[C@H](C)C(F)(F)F)nc2c1N1CCC[C@@H](C1)N2C(=O)Nc1cc(OC[C@H]2COC(C)(C)O2)ccn1. The molecule has 4 fully saturated rings. The number of nitrogens with one attached hydrogen (secondary N) is 2. The highest BCUT2D eigenvalue weighted by molar-refractivity contribution is 6.05. The maximum atomic E-state index is 13.7. The Kier molecular flexibility index (Phi) is 18.0. The van der Waals surface area contributed by atoms with Crippen LogP contribution in [0.2, 0.25) is 0 Å². The topological polar surface area (TPSA) is 244 Å². The van der Waals surface area contributed by atoms with Crippen molar-refractivity contribution in [2.75, 3.05) is 83.7 Å². The zero-order chi connectivity index (χ0) is 57.9. The van der Waals surface area contributed by atoms with E-state index in [9.17, 15) is 40.7 Å². The number of hydrogen-bond acceptors (Lipinski definition) is 19. The number of urea groups is 1. The Hall–Kier alpha value is -6.71. The summed E-state index contributed by atoms with van der Waals surface area (Å²) in [5.41, 5.74) is 8.04. The third-order valence-corrected chi connectivity index (χ3v) is 14.0. The van der Waals surface area contributed by atoms with Gasteiger partial charge < -0.3 is 49.3 Å². The molecule has 0 radical (unpaired) electrons. The molecule has 4 bridgehead atoms. The average molecular weight is 1130 g/mol. The zero-order valence-electron chi connectivity index (χ0n) is 45.9. The number of fused-ring (bicyclic) bond motifs is 8. The van der Waals surface area contributed by atoms with Crippen molar-refractivity contribution in [2.24, 2.45) is 11.8 Å². The van der Waals surface area contributed by atoms with Gasteiger partial charge in [-0.1, -0.05) is 13.8 Å². The van der Waals surface area contributed by atoms with Crippen LogP contribution in [0.25, 0.3) is 0 Å². The first-order chi connectivity index (χ1) is 37.6. The molecule has 10 rings (SSSR count). The van der Waals surface area contributed by atoms with E-state index in [1.807, 2.05) is 27.7 Å². The standard InChI is InChI=1S/C27H33F3N6O5.C15H19F3N4O.C11H16N2O3/c1-15(27(28,29)30)10-20(37)23-32-16(2)22-24(34-23)36(17-6-5-9-35(22)12-17)25(38)33-21-11-18(7-8-31-21)39-13-19-14-40-26(3,4)41-19;1-8(15(16,17)18)6-11(23)13-19-9(2)12-14(21-13)20-10-4-3-5-22(12)7-10;1-11(2)15-7-9(16-11)6-14-8-3-4-13-10(12)5-8/h7-8,11,15,17,19H,5-6,9-10,12-14H2,1-4H3,(H,31,33,38);8,10H,3-7H2,1-2H3,(H,19,20,21);3-5,9H,6-7H2,1-2H3,(H2,12,13)/t15-,17-,19-;8-,10-;9-/m000/s1. The van der Waals surface area contributed by atoms with Gasteiger partial charge >= 0.3 is 18.4 Å². The Morgan fingerprint density at radius 3 is 1.82 bits per heavy atom. The van der Waals surface area contributed by atoms with Crippen LogP contribution in [0.1, 0.15) is 113 Å².